The number of allylic oxidation sites excluding steroid dienone is 1. The highest BCUT2D eigenvalue weighted by Crippen LogP contribution is 2.33. The smallest absolute Gasteiger partial charge is 0.311 e. The molecule has 0 aromatic heterocycles. The van der Waals surface area contributed by atoms with E-state index in [9.17, 15) is 10.1 Å². The zero-order valence-corrected chi connectivity index (χ0v) is 11.5. The first-order chi connectivity index (χ1) is 8.10. The average molecular weight is 321 g/mol. The molecule has 0 radical (unpaired) electrons. The van der Waals surface area contributed by atoms with Gasteiger partial charge in [0.05, 0.1) is 17.1 Å². The van der Waals surface area contributed by atoms with Crippen molar-refractivity contribution in [3.63, 3.8) is 0 Å². The molecule has 0 unspecified atom stereocenters. The van der Waals surface area contributed by atoms with Gasteiger partial charge in [0.25, 0.3) is 0 Å². The molecule has 1 rings (SSSR count). The van der Waals surface area contributed by atoms with Crippen LogP contribution in [-0.4, -0.2) is 17.4 Å². The van der Waals surface area contributed by atoms with Crippen LogP contribution in [0.15, 0.2) is 18.2 Å². The van der Waals surface area contributed by atoms with Gasteiger partial charge in [0.1, 0.15) is 0 Å². The van der Waals surface area contributed by atoms with E-state index < -0.39 is 4.92 Å². The minimum Gasteiger partial charge on any atom is -0.490 e. The third-order valence-electron chi connectivity index (χ3n) is 2.07. The van der Waals surface area contributed by atoms with Gasteiger partial charge in [-0.1, -0.05) is 39.7 Å². The fourth-order valence-electron chi connectivity index (χ4n) is 1.27. The number of hydrogen-bond acceptors (Lipinski definition) is 3. The number of nitro groups is 1. The van der Waals surface area contributed by atoms with Gasteiger partial charge in [-0.25, -0.2) is 0 Å². The van der Waals surface area contributed by atoms with Crippen LogP contribution in [0.2, 0.25) is 5.02 Å². The zero-order valence-electron chi connectivity index (χ0n) is 9.15. The van der Waals surface area contributed by atoms with E-state index >= 15 is 0 Å². The van der Waals surface area contributed by atoms with E-state index in [-0.39, 0.29) is 11.4 Å². The quantitative estimate of drug-likeness (QED) is 0.467. The molecule has 1 aromatic carbocycles. The first kappa shape index (κ1) is 14.0. The molecule has 92 valence electrons. The number of methoxy groups -OCH3 is 1. The van der Waals surface area contributed by atoms with Gasteiger partial charge in [0.2, 0.25) is 0 Å². The summed E-state index contributed by atoms with van der Waals surface area (Å²) in [5.74, 6) is 0.164. The molecule has 0 fully saturated rings. The number of alkyl halides is 1. The summed E-state index contributed by atoms with van der Waals surface area (Å²) in [7, 11) is 1.37. The fraction of sp³-hybridized carbons (Fsp3) is 0.273. The SMILES string of the molecule is COc1cc(Cl)c(C=CCCBr)cc1[N+](=O)[O-]. The maximum absolute atomic E-state index is 10.8. The third-order valence-corrected chi connectivity index (χ3v) is 2.85. The molecular formula is C11H11BrClNO3. The molecule has 4 nitrogen and oxygen atoms in total. The molecule has 0 aliphatic heterocycles. The second-order valence-corrected chi connectivity index (χ2v) is 4.38. The first-order valence-electron chi connectivity index (χ1n) is 4.84. The minimum absolute atomic E-state index is 0.0876. The Balaban J connectivity index is 3.15. The van der Waals surface area contributed by atoms with Crippen LogP contribution in [0.25, 0.3) is 6.08 Å². The summed E-state index contributed by atoms with van der Waals surface area (Å²) < 4.78 is 4.91. The molecule has 0 aliphatic rings. The molecule has 0 amide bonds. The number of ether oxygens (including phenoxy) is 1. The number of halogens is 2. The normalized spacial score (nSPS) is 10.8. The second-order valence-electron chi connectivity index (χ2n) is 3.18. The van der Waals surface area contributed by atoms with Crippen molar-refractivity contribution in [1.82, 2.24) is 0 Å². The van der Waals surface area contributed by atoms with Crippen molar-refractivity contribution >= 4 is 39.3 Å². The summed E-state index contributed by atoms with van der Waals surface area (Å²) in [4.78, 5) is 10.3. The number of benzene rings is 1. The van der Waals surface area contributed by atoms with Gasteiger partial charge in [0.15, 0.2) is 5.75 Å². The van der Waals surface area contributed by atoms with Gasteiger partial charge in [0, 0.05) is 17.5 Å². The molecule has 0 saturated heterocycles. The predicted octanol–water partition coefficient (Wildman–Crippen LogP) is 4.06. The Morgan fingerprint density at radius 2 is 2.29 bits per heavy atom. The van der Waals surface area contributed by atoms with Crippen molar-refractivity contribution in [2.75, 3.05) is 12.4 Å². The predicted molar refractivity (Wildman–Crippen MR) is 72.1 cm³/mol. The summed E-state index contributed by atoms with van der Waals surface area (Å²) in [6, 6.07) is 2.86. The van der Waals surface area contributed by atoms with Crippen LogP contribution in [0.5, 0.6) is 5.75 Å². The molecule has 0 N–H and O–H groups in total. The van der Waals surface area contributed by atoms with Gasteiger partial charge in [-0.2, -0.15) is 0 Å². The molecule has 0 bridgehead atoms. The number of hydrogen-bond donors (Lipinski definition) is 0. The molecule has 0 spiro atoms. The lowest BCUT2D eigenvalue weighted by atomic mass is 10.1. The minimum atomic E-state index is -0.489. The Hall–Kier alpha value is -1.07. The summed E-state index contributed by atoms with van der Waals surface area (Å²) in [5, 5.41) is 12.1. The highest BCUT2D eigenvalue weighted by molar-refractivity contribution is 9.09. The Morgan fingerprint density at radius 1 is 1.59 bits per heavy atom. The molecule has 0 saturated carbocycles. The van der Waals surface area contributed by atoms with Gasteiger partial charge in [-0.05, 0) is 12.0 Å². The third kappa shape index (κ3) is 3.71. The lowest BCUT2D eigenvalue weighted by molar-refractivity contribution is -0.385. The topological polar surface area (TPSA) is 52.4 Å². The molecule has 17 heavy (non-hydrogen) atoms. The van der Waals surface area contributed by atoms with Crippen molar-refractivity contribution in [3.05, 3.63) is 38.9 Å². The lowest BCUT2D eigenvalue weighted by Gasteiger charge is -2.04. The fourth-order valence-corrected chi connectivity index (χ4v) is 1.75. The van der Waals surface area contributed by atoms with Crippen molar-refractivity contribution in [1.29, 1.82) is 0 Å². The van der Waals surface area contributed by atoms with Crippen molar-refractivity contribution in [3.8, 4) is 5.75 Å². The molecular weight excluding hydrogens is 309 g/mol. The Morgan fingerprint density at radius 3 is 2.82 bits per heavy atom. The summed E-state index contributed by atoms with van der Waals surface area (Å²) in [5.41, 5.74) is 0.524. The van der Waals surface area contributed by atoms with Gasteiger partial charge < -0.3 is 4.74 Å². The zero-order chi connectivity index (χ0) is 12.8. The Bertz CT molecular complexity index is 449. The largest absolute Gasteiger partial charge is 0.490 e. The lowest BCUT2D eigenvalue weighted by Crippen LogP contribution is -1.94. The first-order valence-corrected chi connectivity index (χ1v) is 6.34. The molecule has 0 heterocycles. The standard InChI is InChI=1S/C11H11BrClNO3/c1-17-11-7-9(13)8(4-2-3-5-12)6-10(11)14(15)16/h2,4,6-7H,3,5H2,1H3. The van der Waals surface area contributed by atoms with Crippen molar-refractivity contribution < 1.29 is 9.66 Å². The van der Waals surface area contributed by atoms with E-state index in [1.54, 1.807) is 6.08 Å². The Kier molecular flexibility index (Phi) is 5.44. The van der Waals surface area contributed by atoms with Crippen LogP contribution >= 0.6 is 27.5 Å². The van der Waals surface area contributed by atoms with Crippen LogP contribution in [0, 0.1) is 10.1 Å². The maximum atomic E-state index is 10.8. The summed E-state index contributed by atoms with van der Waals surface area (Å²) in [6.07, 6.45) is 4.48. The number of rotatable bonds is 5. The highest BCUT2D eigenvalue weighted by Gasteiger charge is 2.17. The van der Waals surface area contributed by atoms with Crippen LogP contribution in [0.4, 0.5) is 5.69 Å². The van der Waals surface area contributed by atoms with Crippen LogP contribution in [0.3, 0.4) is 0 Å². The molecule has 1 aromatic rings. The number of nitro benzene ring substituents is 1. The van der Waals surface area contributed by atoms with Crippen molar-refractivity contribution in [2.45, 2.75) is 6.42 Å². The average Bonchev–Trinajstić information content (AvgIpc) is 2.30. The number of nitrogens with zero attached hydrogens (tertiary/aromatic N) is 1. The van der Waals surface area contributed by atoms with Crippen LogP contribution in [-0.2, 0) is 0 Å². The summed E-state index contributed by atoms with van der Waals surface area (Å²) in [6.45, 7) is 0. The van der Waals surface area contributed by atoms with Crippen LogP contribution < -0.4 is 4.74 Å². The van der Waals surface area contributed by atoms with E-state index in [4.69, 9.17) is 16.3 Å². The highest BCUT2D eigenvalue weighted by atomic mass is 79.9. The summed E-state index contributed by atoms with van der Waals surface area (Å²) >= 11 is 9.29. The van der Waals surface area contributed by atoms with Crippen molar-refractivity contribution in [2.24, 2.45) is 0 Å². The Labute approximate surface area is 113 Å². The van der Waals surface area contributed by atoms with E-state index in [0.717, 1.165) is 11.8 Å². The molecule has 0 aliphatic carbocycles. The van der Waals surface area contributed by atoms with E-state index in [1.807, 2.05) is 6.08 Å². The maximum Gasteiger partial charge on any atom is 0.311 e. The van der Waals surface area contributed by atoms with E-state index in [2.05, 4.69) is 15.9 Å². The second kappa shape index (κ2) is 6.61. The van der Waals surface area contributed by atoms with E-state index in [0.29, 0.717) is 10.6 Å². The monoisotopic (exact) mass is 319 g/mol. The van der Waals surface area contributed by atoms with Gasteiger partial charge >= 0.3 is 5.69 Å². The molecule has 6 heteroatoms. The van der Waals surface area contributed by atoms with Crippen LogP contribution in [0.1, 0.15) is 12.0 Å². The molecule has 0 atom stereocenters. The van der Waals surface area contributed by atoms with Gasteiger partial charge in [-0.3, -0.25) is 10.1 Å². The van der Waals surface area contributed by atoms with E-state index in [1.165, 1.54) is 19.2 Å². The van der Waals surface area contributed by atoms with Gasteiger partial charge in [-0.15, -0.1) is 0 Å².